The maximum atomic E-state index is 12.3. The summed E-state index contributed by atoms with van der Waals surface area (Å²) < 4.78 is 11.2. The number of hydrogen-bond donors (Lipinski definition) is 2. The average Bonchev–Trinajstić information content (AvgIpc) is 2.91. The number of hydrogen-bond acceptors (Lipinski definition) is 6. The van der Waals surface area contributed by atoms with E-state index >= 15 is 0 Å². The Bertz CT molecular complexity index is 461. The lowest BCUT2D eigenvalue weighted by atomic mass is 10.0. The van der Waals surface area contributed by atoms with Crippen LogP contribution in [-0.2, 0) is 9.47 Å². The fourth-order valence-electron chi connectivity index (χ4n) is 4.96. The van der Waals surface area contributed by atoms with E-state index in [2.05, 4.69) is 18.7 Å². The van der Waals surface area contributed by atoms with Crippen molar-refractivity contribution >= 4 is 6.16 Å². The Labute approximate surface area is 236 Å². The number of unbranched alkanes of at least 4 members (excludes halogenated alkanes) is 16. The van der Waals surface area contributed by atoms with Crippen LogP contribution in [0.2, 0.25) is 0 Å². The first-order valence-electron chi connectivity index (χ1n) is 16.4. The van der Waals surface area contributed by atoms with Crippen molar-refractivity contribution in [2.75, 3.05) is 39.5 Å². The molecule has 38 heavy (non-hydrogen) atoms. The van der Waals surface area contributed by atoms with Gasteiger partial charge in [0.05, 0.1) is 13.2 Å². The first-order valence-corrected chi connectivity index (χ1v) is 16.4. The molecule has 0 aromatic rings. The summed E-state index contributed by atoms with van der Waals surface area (Å²) in [6, 6.07) is 0. The van der Waals surface area contributed by atoms with Gasteiger partial charge in [-0.2, -0.15) is 0 Å². The van der Waals surface area contributed by atoms with E-state index in [1.807, 2.05) is 0 Å². The highest BCUT2D eigenvalue weighted by Gasteiger charge is 2.15. The molecule has 2 N–H and O–H groups in total. The highest BCUT2D eigenvalue weighted by molar-refractivity contribution is 5.60. The zero-order chi connectivity index (χ0) is 27.9. The lowest BCUT2D eigenvalue weighted by molar-refractivity contribution is 0.0154. The monoisotopic (exact) mass is 543 g/mol. The standard InChI is InChI=1S/C32H65NO5/c1-3-5-7-9-11-17-23-31(24-18-12-10-8-6-4-2)38-32(36)37-30-22-16-14-20-26-33(27-29-35)25-19-13-15-21-28-34/h31,34-35H,3-30H2,1-2H3. The van der Waals surface area contributed by atoms with Crippen LogP contribution in [0.5, 0.6) is 0 Å². The lowest BCUT2D eigenvalue weighted by Crippen LogP contribution is -2.29. The molecule has 0 heterocycles. The van der Waals surface area contributed by atoms with Crippen molar-refractivity contribution in [1.82, 2.24) is 4.90 Å². The summed E-state index contributed by atoms with van der Waals surface area (Å²) in [6.07, 6.45) is 24.8. The van der Waals surface area contributed by atoms with Gasteiger partial charge in [-0.25, -0.2) is 4.79 Å². The van der Waals surface area contributed by atoms with E-state index in [0.717, 1.165) is 96.7 Å². The summed E-state index contributed by atoms with van der Waals surface area (Å²) in [5.74, 6) is 0. The van der Waals surface area contributed by atoms with Crippen molar-refractivity contribution in [3.8, 4) is 0 Å². The molecule has 0 fully saturated rings. The normalized spacial score (nSPS) is 11.5. The van der Waals surface area contributed by atoms with Gasteiger partial charge in [-0.1, -0.05) is 104 Å². The maximum absolute atomic E-state index is 12.3. The topological polar surface area (TPSA) is 79.2 Å². The number of carbonyl (C=O) groups excluding carboxylic acids is 1. The molecule has 0 radical (unpaired) electrons. The van der Waals surface area contributed by atoms with E-state index < -0.39 is 6.16 Å². The maximum Gasteiger partial charge on any atom is 0.508 e. The van der Waals surface area contributed by atoms with Gasteiger partial charge in [0.2, 0.25) is 0 Å². The Morgan fingerprint density at radius 1 is 0.579 bits per heavy atom. The Hall–Kier alpha value is -0.850. The fourth-order valence-corrected chi connectivity index (χ4v) is 4.96. The molecule has 0 aromatic carbocycles. The van der Waals surface area contributed by atoms with Crippen molar-refractivity contribution in [1.29, 1.82) is 0 Å². The van der Waals surface area contributed by atoms with Gasteiger partial charge < -0.3 is 24.6 Å². The van der Waals surface area contributed by atoms with E-state index in [0.29, 0.717) is 6.61 Å². The third-order valence-corrected chi connectivity index (χ3v) is 7.41. The minimum Gasteiger partial charge on any atom is -0.434 e. The third-order valence-electron chi connectivity index (χ3n) is 7.41. The van der Waals surface area contributed by atoms with Crippen LogP contribution in [0.4, 0.5) is 4.79 Å². The highest BCUT2D eigenvalue weighted by Crippen LogP contribution is 2.17. The van der Waals surface area contributed by atoms with E-state index in [1.54, 1.807) is 0 Å². The van der Waals surface area contributed by atoms with Gasteiger partial charge in [0.15, 0.2) is 0 Å². The zero-order valence-electron chi connectivity index (χ0n) is 25.4. The molecule has 0 bridgehead atoms. The summed E-state index contributed by atoms with van der Waals surface area (Å²) in [7, 11) is 0. The Balaban J connectivity index is 4.05. The molecular weight excluding hydrogens is 478 g/mol. The fraction of sp³-hybridized carbons (Fsp3) is 0.969. The van der Waals surface area contributed by atoms with E-state index in [9.17, 15) is 9.90 Å². The molecule has 0 atom stereocenters. The molecule has 0 aliphatic heterocycles. The third kappa shape index (κ3) is 26.7. The van der Waals surface area contributed by atoms with Gasteiger partial charge in [0, 0.05) is 13.2 Å². The molecule has 0 amide bonds. The predicted octanol–water partition coefficient (Wildman–Crippen LogP) is 8.42. The molecule has 228 valence electrons. The number of nitrogens with zero attached hydrogens (tertiary/aromatic N) is 1. The van der Waals surface area contributed by atoms with Crippen LogP contribution in [-0.4, -0.2) is 66.8 Å². The number of carbonyl (C=O) groups is 1. The summed E-state index contributed by atoms with van der Waals surface area (Å²) in [5.41, 5.74) is 0. The molecule has 0 aromatic heterocycles. The van der Waals surface area contributed by atoms with Crippen LogP contribution in [0.25, 0.3) is 0 Å². The second kappa shape index (κ2) is 30.7. The largest absolute Gasteiger partial charge is 0.508 e. The summed E-state index contributed by atoms with van der Waals surface area (Å²) in [5, 5.41) is 18.2. The molecule has 6 heteroatoms. The van der Waals surface area contributed by atoms with Gasteiger partial charge in [0.25, 0.3) is 0 Å². The Morgan fingerprint density at radius 3 is 1.58 bits per heavy atom. The van der Waals surface area contributed by atoms with Crippen molar-refractivity contribution in [2.45, 2.75) is 161 Å². The van der Waals surface area contributed by atoms with Crippen molar-refractivity contribution in [2.24, 2.45) is 0 Å². The molecule has 6 nitrogen and oxygen atoms in total. The van der Waals surface area contributed by atoms with Gasteiger partial charge >= 0.3 is 6.16 Å². The number of ether oxygens (including phenoxy) is 2. The smallest absolute Gasteiger partial charge is 0.434 e. The SMILES string of the molecule is CCCCCCCCC(CCCCCCCC)OC(=O)OCCCCCCN(CCO)CCCCCCO. The lowest BCUT2D eigenvalue weighted by Gasteiger charge is -2.21. The first-order chi connectivity index (χ1) is 18.7. The second-order valence-electron chi connectivity index (χ2n) is 11.1. The van der Waals surface area contributed by atoms with Gasteiger partial charge in [0.1, 0.15) is 6.10 Å². The minimum atomic E-state index is -0.484. The minimum absolute atomic E-state index is 0.000923. The van der Waals surface area contributed by atoms with E-state index in [4.69, 9.17) is 14.6 Å². The van der Waals surface area contributed by atoms with E-state index in [1.165, 1.54) is 64.2 Å². The number of aliphatic hydroxyl groups is 2. The Morgan fingerprint density at radius 2 is 1.05 bits per heavy atom. The van der Waals surface area contributed by atoms with Crippen LogP contribution < -0.4 is 0 Å². The van der Waals surface area contributed by atoms with Crippen LogP contribution in [0, 0.1) is 0 Å². The second-order valence-corrected chi connectivity index (χ2v) is 11.1. The number of rotatable bonds is 30. The molecule has 0 unspecified atom stereocenters. The summed E-state index contributed by atoms with van der Waals surface area (Å²) in [6.45, 7) is 8.15. The molecule has 0 aliphatic carbocycles. The van der Waals surface area contributed by atoms with Gasteiger partial charge in [-0.15, -0.1) is 0 Å². The first kappa shape index (κ1) is 37.1. The quantitative estimate of drug-likeness (QED) is 0.0699. The van der Waals surface area contributed by atoms with Crippen LogP contribution >= 0.6 is 0 Å². The van der Waals surface area contributed by atoms with Crippen molar-refractivity contribution < 1.29 is 24.5 Å². The van der Waals surface area contributed by atoms with Gasteiger partial charge in [-0.05, 0) is 64.5 Å². The molecule has 0 aliphatic rings. The van der Waals surface area contributed by atoms with Crippen molar-refractivity contribution in [3.05, 3.63) is 0 Å². The molecule has 0 spiro atoms. The van der Waals surface area contributed by atoms with Crippen LogP contribution in [0.15, 0.2) is 0 Å². The van der Waals surface area contributed by atoms with Crippen LogP contribution in [0.3, 0.4) is 0 Å². The predicted molar refractivity (Wildman–Crippen MR) is 160 cm³/mol. The van der Waals surface area contributed by atoms with E-state index in [-0.39, 0.29) is 19.3 Å². The molecular formula is C32H65NO5. The number of aliphatic hydroxyl groups excluding tert-OH is 2. The highest BCUT2D eigenvalue weighted by atomic mass is 16.7. The van der Waals surface area contributed by atoms with Crippen LogP contribution in [0.1, 0.15) is 155 Å². The molecule has 0 saturated carbocycles. The van der Waals surface area contributed by atoms with Gasteiger partial charge in [-0.3, -0.25) is 0 Å². The average molecular weight is 544 g/mol. The molecule has 0 saturated heterocycles. The molecule has 0 rings (SSSR count). The Kier molecular flexibility index (Phi) is 30.0. The summed E-state index contributed by atoms with van der Waals surface area (Å²) in [4.78, 5) is 14.7. The summed E-state index contributed by atoms with van der Waals surface area (Å²) >= 11 is 0. The zero-order valence-corrected chi connectivity index (χ0v) is 25.4. The van der Waals surface area contributed by atoms with Crippen molar-refractivity contribution in [3.63, 3.8) is 0 Å².